The molecular weight excluding hydrogens is 266 g/mol. The first-order chi connectivity index (χ1) is 9.99. The summed E-state index contributed by atoms with van der Waals surface area (Å²) in [5.41, 5.74) is 0. The summed E-state index contributed by atoms with van der Waals surface area (Å²) in [6, 6.07) is -0.355. The van der Waals surface area contributed by atoms with Crippen molar-refractivity contribution in [3.8, 4) is 0 Å². The van der Waals surface area contributed by atoms with Crippen LogP contribution in [0.3, 0.4) is 0 Å². The van der Waals surface area contributed by atoms with Gasteiger partial charge in [-0.25, -0.2) is 0 Å². The van der Waals surface area contributed by atoms with Crippen LogP contribution in [0.25, 0.3) is 0 Å². The molecule has 2 rings (SSSR count). The summed E-state index contributed by atoms with van der Waals surface area (Å²) in [6.07, 6.45) is 4.28. The quantitative estimate of drug-likeness (QED) is 0.749. The lowest BCUT2D eigenvalue weighted by Crippen LogP contribution is -2.44. The lowest BCUT2D eigenvalue weighted by molar-refractivity contribution is -0.140. The molecule has 2 aliphatic rings. The molecule has 5 nitrogen and oxygen atoms in total. The topological polar surface area (TPSA) is 52.7 Å². The summed E-state index contributed by atoms with van der Waals surface area (Å²) >= 11 is 0. The van der Waals surface area contributed by atoms with E-state index in [0.29, 0.717) is 12.3 Å². The van der Waals surface area contributed by atoms with Crippen molar-refractivity contribution < 1.29 is 9.59 Å². The molecule has 2 aliphatic heterocycles. The first-order valence-corrected chi connectivity index (χ1v) is 8.30. The Balaban J connectivity index is 1.75. The highest BCUT2D eigenvalue weighted by Gasteiger charge is 2.39. The van der Waals surface area contributed by atoms with E-state index in [0.717, 1.165) is 13.1 Å². The van der Waals surface area contributed by atoms with Crippen LogP contribution >= 0.6 is 0 Å². The molecule has 21 heavy (non-hydrogen) atoms. The molecule has 2 amide bonds. The Morgan fingerprint density at radius 3 is 2.38 bits per heavy atom. The van der Waals surface area contributed by atoms with E-state index in [9.17, 15) is 9.59 Å². The largest absolute Gasteiger partial charge is 0.305 e. The van der Waals surface area contributed by atoms with E-state index >= 15 is 0 Å². The standard InChI is InChI=1S/C16H29N3O2/c1-12(2)19-15(20)9-14(16(19)21)17-10-13(3)11-18-7-5-4-6-8-18/h12-14,17H,4-11H2,1-3H3. The highest BCUT2D eigenvalue weighted by molar-refractivity contribution is 6.05. The third kappa shape index (κ3) is 4.27. The van der Waals surface area contributed by atoms with Crippen molar-refractivity contribution in [1.29, 1.82) is 0 Å². The van der Waals surface area contributed by atoms with Crippen LogP contribution in [0.2, 0.25) is 0 Å². The Bertz CT molecular complexity index is 378. The second-order valence-corrected chi connectivity index (χ2v) is 6.83. The number of rotatable bonds is 6. The third-order valence-corrected chi connectivity index (χ3v) is 4.43. The zero-order valence-corrected chi connectivity index (χ0v) is 13.6. The van der Waals surface area contributed by atoms with Crippen molar-refractivity contribution >= 4 is 11.8 Å². The summed E-state index contributed by atoms with van der Waals surface area (Å²) in [5.74, 6) is 0.399. The fraction of sp³-hybridized carbons (Fsp3) is 0.875. The molecule has 0 bridgehead atoms. The Morgan fingerprint density at radius 1 is 1.14 bits per heavy atom. The molecule has 0 aliphatic carbocycles. The molecule has 2 fully saturated rings. The first-order valence-electron chi connectivity index (χ1n) is 8.30. The normalized spacial score (nSPS) is 25.9. The maximum Gasteiger partial charge on any atom is 0.247 e. The molecule has 2 atom stereocenters. The maximum absolute atomic E-state index is 12.2. The van der Waals surface area contributed by atoms with Crippen LogP contribution in [-0.4, -0.2) is 59.9 Å². The minimum absolute atomic E-state index is 0.0393. The Hall–Kier alpha value is -0.940. The predicted octanol–water partition coefficient (Wildman–Crippen LogP) is 1.23. The highest BCUT2D eigenvalue weighted by atomic mass is 16.2. The Labute approximate surface area is 128 Å². The Kier molecular flexibility index (Phi) is 5.76. The first kappa shape index (κ1) is 16.4. The number of nitrogens with zero attached hydrogens (tertiary/aromatic N) is 2. The van der Waals surface area contributed by atoms with Crippen molar-refractivity contribution in [1.82, 2.24) is 15.1 Å². The van der Waals surface area contributed by atoms with Gasteiger partial charge in [-0.05, 0) is 52.2 Å². The van der Waals surface area contributed by atoms with Crippen LogP contribution < -0.4 is 5.32 Å². The predicted molar refractivity (Wildman–Crippen MR) is 82.9 cm³/mol. The summed E-state index contributed by atoms with van der Waals surface area (Å²) < 4.78 is 0. The number of piperidine rings is 1. The molecule has 0 aromatic carbocycles. The van der Waals surface area contributed by atoms with E-state index in [-0.39, 0.29) is 23.9 Å². The number of carbonyl (C=O) groups excluding carboxylic acids is 2. The number of likely N-dealkylation sites (tertiary alicyclic amines) is 2. The van der Waals surface area contributed by atoms with E-state index in [1.807, 2.05) is 13.8 Å². The van der Waals surface area contributed by atoms with Gasteiger partial charge in [0.15, 0.2) is 0 Å². The average Bonchev–Trinajstić information content (AvgIpc) is 2.72. The maximum atomic E-state index is 12.2. The van der Waals surface area contributed by atoms with Gasteiger partial charge in [0.2, 0.25) is 11.8 Å². The number of amides is 2. The van der Waals surface area contributed by atoms with Crippen LogP contribution in [-0.2, 0) is 9.59 Å². The van der Waals surface area contributed by atoms with E-state index in [1.54, 1.807) is 0 Å². The smallest absolute Gasteiger partial charge is 0.247 e. The summed E-state index contributed by atoms with van der Waals surface area (Å²) in [7, 11) is 0. The summed E-state index contributed by atoms with van der Waals surface area (Å²) in [5, 5.41) is 3.30. The van der Waals surface area contributed by atoms with Crippen molar-refractivity contribution in [2.45, 2.75) is 58.5 Å². The van der Waals surface area contributed by atoms with Crippen molar-refractivity contribution in [3.63, 3.8) is 0 Å². The summed E-state index contributed by atoms with van der Waals surface area (Å²) in [6.45, 7) is 10.3. The highest BCUT2D eigenvalue weighted by Crippen LogP contribution is 2.17. The minimum Gasteiger partial charge on any atom is -0.305 e. The fourth-order valence-corrected chi connectivity index (χ4v) is 3.34. The van der Waals surface area contributed by atoms with E-state index in [2.05, 4.69) is 17.1 Å². The average molecular weight is 295 g/mol. The van der Waals surface area contributed by atoms with Crippen molar-refractivity contribution in [2.75, 3.05) is 26.2 Å². The van der Waals surface area contributed by atoms with Gasteiger partial charge < -0.3 is 10.2 Å². The second-order valence-electron chi connectivity index (χ2n) is 6.83. The van der Waals surface area contributed by atoms with Gasteiger partial charge in [0, 0.05) is 12.6 Å². The lowest BCUT2D eigenvalue weighted by Gasteiger charge is -2.29. The van der Waals surface area contributed by atoms with Crippen LogP contribution in [0.4, 0.5) is 0 Å². The molecule has 2 saturated heterocycles. The zero-order chi connectivity index (χ0) is 15.4. The molecule has 5 heteroatoms. The molecule has 2 heterocycles. The molecule has 0 aromatic rings. The molecule has 1 N–H and O–H groups in total. The van der Waals surface area contributed by atoms with Gasteiger partial charge in [0.25, 0.3) is 0 Å². The van der Waals surface area contributed by atoms with E-state index in [4.69, 9.17) is 0 Å². The molecule has 0 aromatic heterocycles. The van der Waals surface area contributed by atoms with E-state index < -0.39 is 0 Å². The number of hydrogen-bond donors (Lipinski definition) is 1. The van der Waals surface area contributed by atoms with Crippen LogP contribution in [0, 0.1) is 5.92 Å². The summed E-state index contributed by atoms with van der Waals surface area (Å²) in [4.78, 5) is 28.0. The van der Waals surface area contributed by atoms with Gasteiger partial charge in [-0.15, -0.1) is 0 Å². The monoisotopic (exact) mass is 295 g/mol. The van der Waals surface area contributed by atoms with Crippen molar-refractivity contribution in [3.05, 3.63) is 0 Å². The second kappa shape index (κ2) is 7.36. The van der Waals surface area contributed by atoms with Gasteiger partial charge in [0.1, 0.15) is 0 Å². The number of hydrogen-bond acceptors (Lipinski definition) is 4. The molecule has 120 valence electrons. The van der Waals surface area contributed by atoms with Gasteiger partial charge in [-0.3, -0.25) is 14.5 Å². The fourth-order valence-electron chi connectivity index (χ4n) is 3.34. The molecule has 0 radical (unpaired) electrons. The SMILES string of the molecule is CC(CNC1CC(=O)N(C(C)C)C1=O)CN1CCCCC1. The van der Waals surface area contributed by atoms with Gasteiger partial charge in [-0.2, -0.15) is 0 Å². The molecule has 0 saturated carbocycles. The number of imide groups is 1. The molecule has 2 unspecified atom stereocenters. The third-order valence-electron chi connectivity index (χ3n) is 4.43. The Morgan fingerprint density at radius 2 is 1.81 bits per heavy atom. The van der Waals surface area contributed by atoms with Crippen LogP contribution in [0.15, 0.2) is 0 Å². The van der Waals surface area contributed by atoms with Gasteiger partial charge >= 0.3 is 0 Å². The number of nitrogens with one attached hydrogen (secondary N) is 1. The molecular formula is C16H29N3O2. The van der Waals surface area contributed by atoms with Gasteiger partial charge in [-0.1, -0.05) is 13.3 Å². The van der Waals surface area contributed by atoms with Crippen LogP contribution in [0.5, 0.6) is 0 Å². The van der Waals surface area contributed by atoms with Crippen LogP contribution in [0.1, 0.15) is 46.5 Å². The molecule has 0 spiro atoms. The van der Waals surface area contributed by atoms with E-state index in [1.165, 1.54) is 37.3 Å². The number of carbonyl (C=O) groups is 2. The van der Waals surface area contributed by atoms with Gasteiger partial charge in [0.05, 0.1) is 12.5 Å². The lowest BCUT2D eigenvalue weighted by atomic mass is 10.1. The minimum atomic E-state index is -0.316. The zero-order valence-electron chi connectivity index (χ0n) is 13.6. The van der Waals surface area contributed by atoms with Crippen molar-refractivity contribution in [2.24, 2.45) is 5.92 Å².